The number of hydrogen-bond donors (Lipinski definition) is 2. The molecular weight excluding hydrogens is 268 g/mol. The summed E-state index contributed by atoms with van der Waals surface area (Å²) >= 11 is 0. The fraction of sp³-hybridized carbons (Fsp3) is 0.467. The number of aldehydes is 1. The molecule has 0 bridgehead atoms. The van der Waals surface area contributed by atoms with Crippen molar-refractivity contribution in [2.45, 2.75) is 26.2 Å². The summed E-state index contributed by atoms with van der Waals surface area (Å²) in [5.41, 5.74) is 7.66. The van der Waals surface area contributed by atoms with Gasteiger partial charge in [-0.05, 0) is 37.8 Å². The lowest BCUT2D eigenvalue weighted by Crippen LogP contribution is -2.28. The van der Waals surface area contributed by atoms with E-state index in [1.807, 2.05) is 13.0 Å². The summed E-state index contributed by atoms with van der Waals surface area (Å²) in [7, 11) is 1.56. The fourth-order valence-electron chi connectivity index (χ4n) is 2.19. The second kappa shape index (κ2) is 6.58. The second-order valence-electron chi connectivity index (χ2n) is 5.42. The van der Waals surface area contributed by atoms with Gasteiger partial charge in [-0.3, -0.25) is 4.79 Å². The lowest BCUT2D eigenvalue weighted by molar-refractivity contribution is -0.106. The van der Waals surface area contributed by atoms with Crippen LogP contribution >= 0.6 is 0 Å². The van der Waals surface area contributed by atoms with E-state index < -0.39 is 0 Å². The van der Waals surface area contributed by atoms with Crippen LogP contribution in [0.3, 0.4) is 0 Å². The number of ether oxygens (including phenoxy) is 1. The Morgan fingerprint density at radius 1 is 1.52 bits per heavy atom. The van der Waals surface area contributed by atoms with Gasteiger partial charge in [-0.1, -0.05) is 6.42 Å². The van der Waals surface area contributed by atoms with Crippen molar-refractivity contribution in [1.82, 2.24) is 9.99 Å². The number of allylic oxidation sites excluding steroid dienone is 1. The molecule has 6 heteroatoms. The number of likely N-dealkylation sites (N-methyl/N-ethyl adjacent to an activating group) is 1. The number of carbonyl (C=O) groups is 1. The van der Waals surface area contributed by atoms with Crippen molar-refractivity contribution in [2.24, 2.45) is 17.5 Å². The standard InChI is InChI=1S/C15H22N4O2/c1-10-14(21-9-11-4-3-5-11)7-6-12(18-10)15(16)13(8-20)19(2)17/h6-8,11H,3-5,9,16-17H2,1-2H3/b15-13-. The van der Waals surface area contributed by atoms with Gasteiger partial charge in [0.15, 0.2) is 6.29 Å². The molecule has 1 aliphatic rings. The van der Waals surface area contributed by atoms with Crippen LogP contribution in [0.5, 0.6) is 5.75 Å². The third-order valence-corrected chi connectivity index (χ3v) is 3.78. The molecule has 0 unspecified atom stereocenters. The van der Waals surface area contributed by atoms with Crippen LogP contribution in [-0.4, -0.2) is 29.9 Å². The Kier molecular flexibility index (Phi) is 4.80. The van der Waals surface area contributed by atoms with Crippen molar-refractivity contribution < 1.29 is 9.53 Å². The molecule has 0 atom stereocenters. The summed E-state index contributed by atoms with van der Waals surface area (Å²) in [6, 6.07) is 3.58. The van der Waals surface area contributed by atoms with Crippen LogP contribution in [0.4, 0.5) is 0 Å². The number of carbonyl (C=O) groups excluding carboxylic acids is 1. The molecule has 1 heterocycles. The third kappa shape index (κ3) is 3.52. The number of rotatable bonds is 6. The molecule has 1 saturated carbocycles. The predicted molar refractivity (Wildman–Crippen MR) is 80.9 cm³/mol. The van der Waals surface area contributed by atoms with Gasteiger partial charge in [0.05, 0.1) is 23.7 Å². The van der Waals surface area contributed by atoms with E-state index in [1.165, 1.54) is 24.3 Å². The number of nitrogens with two attached hydrogens (primary N) is 2. The first-order chi connectivity index (χ1) is 10.0. The van der Waals surface area contributed by atoms with E-state index in [9.17, 15) is 4.79 Å². The van der Waals surface area contributed by atoms with E-state index in [1.54, 1.807) is 13.1 Å². The van der Waals surface area contributed by atoms with Crippen LogP contribution in [0.1, 0.15) is 30.7 Å². The number of aryl methyl sites for hydroxylation is 1. The van der Waals surface area contributed by atoms with Crippen molar-refractivity contribution in [3.05, 3.63) is 29.2 Å². The maximum absolute atomic E-state index is 11.0. The molecule has 0 saturated heterocycles. The van der Waals surface area contributed by atoms with Gasteiger partial charge >= 0.3 is 0 Å². The zero-order chi connectivity index (χ0) is 15.4. The van der Waals surface area contributed by atoms with Crippen molar-refractivity contribution in [3.63, 3.8) is 0 Å². The number of aromatic nitrogens is 1. The summed E-state index contributed by atoms with van der Waals surface area (Å²) < 4.78 is 5.79. The first-order valence-corrected chi connectivity index (χ1v) is 7.07. The van der Waals surface area contributed by atoms with Crippen LogP contribution in [0.2, 0.25) is 0 Å². The van der Waals surface area contributed by atoms with Crippen molar-refractivity contribution in [2.75, 3.05) is 13.7 Å². The Morgan fingerprint density at radius 3 is 2.71 bits per heavy atom. The minimum Gasteiger partial charge on any atom is -0.491 e. The van der Waals surface area contributed by atoms with Gasteiger partial charge in [-0.2, -0.15) is 0 Å². The van der Waals surface area contributed by atoms with Gasteiger partial charge in [-0.15, -0.1) is 0 Å². The first-order valence-electron chi connectivity index (χ1n) is 7.07. The van der Waals surface area contributed by atoms with Crippen LogP contribution in [0.25, 0.3) is 5.70 Å². The Hall–Kier alpha value is -2.08. The maximum atomic E-state index is 11.0. The third-order valence-electron chi connectivity index (χ3n) is 3.78. The highest BCUT2D eigenvalue weighted by Crippen LogP contribution is 2.28. The van der Waals surface area contributed by atoms with E-state index in [2.05, 4.69) is 4.98 Å². The molecule has 0 spiro atoms. The van der Waals surface area contributed by atoms with Crippen molar-refractivity contribution in [3.8, 4) is 5.75 Å². The van der Waals surface area contributed by atoms with Crippen molar-refractivity contribution >= 4 is 12.0 Å². The van der Waals surface area contributed by atoms with E-state index in [4.69, 9.17) is 16.3 Å². The summed E-state index contributed by atoms with van der Waals surface area (Å²) in [6.07, 6.45) is 4.40. The maximum Gasteiger partial charge on any atom is 0.169 e. The molecule has 1 aromatic heterocycles. The van der Waals surface area contributed by atoms with Crippen LogP contribution in [-0.2, 0) is 4.79 Å². The zero-order valence-corrected chi connectivity index (χ0v) is 12.5. The smallest absolute Gasteiger partial charge is 0.169 e. The van der Waals surface area contributed by atoms with E-state index in [-0.39, 0.29) is 11.4 Å². The molecule has 1 aliphatic carbocycles. The van der Waals surface area contributed by atoms with E-state index in [0.29, 0.717) is 17.9 Å². The Morgan fingerprint density at radius 2 is 2.24 bits per heavy atom. The average Bonchev–Trinajstić information content (AvgIpc) is 2.38. The molecule has 1 fully saturated rings. The minimum atomic E-state index is 0.199. The first kappa shape index (κ1) is 15.3. The van der Waals surface area contributed by atoms with Gasteiger partial charge in [0.1, 0.15) is 11.4 Å². The normalized spacial score (nSPS) is 16.0. The molecule has 6 nitrogen and oxygen atoms in total. The van der Waals surface area contributed by atoms with E-state index >= 15 is 0 Å². The lowest BCUT2D eigenvalue weighted by atomic mass is 9.86. The predicted octanol–water partition coefficient (Wildman–Crippen LogP) is 1.20. The Labute approximate surface area is 124 Å². The van der Waals surface area contributed by atoms with Gasteiger partial charge in [-0.25, -0.2) is 10.8 Å². The summed E-state index contributed by atoms with van der Waals surface area (Å²) in [5.74, 6) is 6.99. The highest BCUT2D eigenvalue weighted by atomic mass is 16.5. The molecule has 0 radical (unpaired) electrons. The topological polar surface area (TPSA) is 94.5 Å². The van der Waals surface area contributed by atoms with Crippen LogP contribution in [0.15, 0.2) is 17.8 Å². The molecule has 0 aliphatic heterocycles. The van der Waals surface area contributed by atoms with Crippen LogP contribution < -0.4 is 16.3 Å². The van der Waals surface area contributed by atoms with Gasteiger partial charge in [0.2, 0.25) is 0 Å². The highest BCUT2D eigenvalue weighted by Gasteiger charge is 2.18. The summed E-state index contributed by atoms with van der Waals surface area (Å²) in [5, 5.41) is 1.18. The number of hydrazine groups is 1. The Bertz CT molecular complexity index is 551. The Balaban J connectivity index is 2.15. The molecule has 114 valence electrons. The summed E-state index contributed by atoms with van der Waals surface area (Å²) in [4.78, 5) is 15.4. The largest absolute Gasteiger partial charge is 0.491 e. The van der Waals surface area contributed by atoms with Gasteiger partial charge in [0, 0.05) is 7.05 Å². The molecule has 0 aromatic carbocycles. The van der Waals surface area contributed by atoms with Crippen molar-refractivity contribution in [1.29, 1.82) is 0 Å². The van der Waals surface area contributed by atoms with Gasteiger partial charge in [0.25, 0.3) is 0 Å². The SMILES string of the molecule is Cc1nc(/C(N)=C(\C=O)N(C)N)ccc1OCC1CCC1. The molecule has 2 rings (SSSR count). The summed E-state index contributed by atoms with van der Waals surface area (Å²) in [6.45, 7) is 2.60. The number of pyridine rings is 1. The average molecular weight is 290 g/mol. The number of hydrogen-bond acceptors (Lipinski definition) is 6. The fourth-order valence-corrected chi connectivity index (χ4v) is 2.19. The lowest BCUT2D eigenvalue weighted by Gasteiger charge is -2.25. The molecule has 21 heavy (non-hydrogen) atoms. The molecule has 1 aromatic rings. The van der Waals surface area contributed by atoms with E-state index in [0.717, 1.165) is 18.1 Å². The second-order valence-corrected chi connectivity index (χ2v) is 5.42. The monoisotopic (exact) mass is 290 g/mol. The van der Waals surface area contributed by atoms with Crippen LogP contribution in [0, 0.1) is 12.8 Å². The number of nitrogens with zero attached hydrogens (tertiary/aromatic N) is 2. The minimum absolute atomic E-state index is 0.199. The highest BCUT2D eigenvalue weighted by molar-refractivity contribution is 5.85. The molecule has 4 N–H and O–H groups in total. The quantitative estimate of drug-likeness (QED) is 0.354. The molecule has 0 amide bonds. The van der Waals surface area contributed by atoms with Gasteiger partial charge < -0.3 is 15.5 Å². The molecular formula is C15H22N4O2. The zero-order valence-electron chi connectivity index (χ0n) is 12.5.